The average Bonchev–Trinajstić information content (AvgIpc) is 3.09. The predicted octanol–water partition coefficient (Wildman–Crippen LogP) is 0.776. The molecule has 0 unspecified atom stereocenters. The number of benzene rings is 1. The van der Waals surface area contributed by atoms with Crippen LogP contribution < -0.4 is 9.64 Å². The zero-order valence-electron chi connectivity index (χ0n) is 11.8. The number of carbonyl (C=O) groups is 1. The molecule has 1 aromatic carbocycles. The fraction of sp³-hybridized carbons (Fsp3) is 0.357. The molecule has 110 valence electrons. The van der Waals surface area contributed by atoms with E-state index in [1.807, 2.05) is 24.3 Å². The summed E-state index contributed by atoms with van der Waals surface area (Å²) in [6, 6.07) is 7.92. The molecule has 7 nitrogen and oxygen atoms in total. The molecule has 1 aliphatic heterocycles. The number of hydrogen-bond donors (Lipinski definition) is 1. The highest BCUT2D eigenvalue weighted by Gasteiger charge is 2.24. The Hall–Kier alpha value is -2.57. The molecule has 0 aliphatic carbocycles. The van der Waals surface area contributed by atoms with E-state index in [0.717, 1.165) is 24.5 Å². The Morgan fingerprint density at radius 1 is 1.24 bits per heavy atom. The van der Waals surface area contributed by atoms with Crippen molar-refractivity contribution in [2.75, 3.05) is 38.2 Å². The first-order valence-electron chi connectivity index (χ1n) is 6.82. The molecule has 0 atom stereocenters. The van der Waals surface area contributed by atoms with E-state index in [1.165, 1.54) is 6.33 Å². The van der Waals surface area contributed by atoms with Crippen LogP contribution in [0.2, 0.25) is 0 Å². The van der Waals surface area contributed by atoms with E-state index >= 15 is 0 Å². The largest absolute Gasteiger partial charge is 0.495 e. The smallest absolute Gasteiger partial charge is 0.291 e. The van der Waals surface area contributed by atoms with Crippen LogP contribution in [0.4, 0.5) is 5.69 Å². The Labute approximate surface area is 122 Å². The summed E-state index contributed by atoms with van der Waals surface area (Å²) in [5, 5.41) is 6.32. The summed E-state index contributed by atoms with van der Waals surface area (Å²) in [7, 11) is 1.67. The number of nitrogens with zero attached hydrogens (tertiary/aromatic N) is 4. The Bertz CT molecular complexity index is 606. The van der Waals surface area contributed by atoms with Gasteiger partial charge in [-0.1, -0.05) is 12.1 Å². The second kappa shape index (κ2) is 5.82. The minimum Gasteiger partial charge on any atom is -0.495 e. The molecule has 1 amide bonds. The van der Waals surface area contributed by atoms with E-state index in [0.29, 0.717) is 18.9 Å². The van der Waals surface area contributed by atoms with Crippen molar-refractivity contribution in [3.8, 4) is 5.75 Å². The number of carbonyl (C=O) groups excluding carboxylic acids is 1. The van der Waals surface area contributed by atoms with Gasteiger partial charge in [-0.15, -0.1) is 0 Å². The molecular formula is C14H17N5O2. The predicted molar refractivity (Wildman–Crippen MR) is 77.5 cm³/mol. The van der Waals surface area contributed by atoms with Gasteiger partial charge in [0.25, 0.3) is 5.91 Å². The van der Waals surface area contributed by atoms with E-state index < -0.39 is 0 Å². The van der Waals surface area contributed by atoms with E-state index in [9.17, 15) is 4.79 Å². The van der Waals surface area contributed by atoms with Gasteiger partial charge in [0.1, 0.15) is 12.1 Å². The van der Waals surface area contributed by atoms with Crippen LogP contribution in [0.3, 0.4) is 0 Å². The van der Waals surface area contributed by atoms with Crippen molar-refractivity contribution in [2.24, 2.45) is 0 Å². The van der Waals surface area contributed by atoms with Gasteiger partial charge >= 0.3 is 0 Å². The van der Waals surface area contributed by atoms with Crippen molar-refractivity contribution in [1.29, 1.82) is 0 Å². The minimum absolute atomic E-state index is 0.104. The van der Waals surface area contributed by atoms with Crippen molar-refractivity contribution in [3.63, 3.8) is 0 Å². The summed E-state index contributed by atoms with van der Waals surface area (Å²) in [6.07, 6.45) is 1.35. The number of piperazine rings is 1. The lowest BCUT2D eigenvalue weighted by atomic mass is 10.2. The SMILES string of the molecule is COc1ccccc1N1CCN(C(=O)c2ncn[nH]2)CC1. The standard InChI is InChI=1S/C14H17N5O2/c1-21-12-5-3-2-4-11(12)18-6-8-19(9-7-18)14(20)13-15-10-16-17-13/h2-5,10H,6-9H2,1H3,(H,15,16,17). The first-order chi connectivity index (χ1) is 10.3. The maximum atomic E-state index is 12.2. The van der Waals surface area contributed by atoms with Gasteiger partial charge in [0.15, 0.2) is 0 Å². The molecule has 1 saturated heterocycles. The lowest BCUT2D eigenvalue weighted by Crippen LogP contribution is -2.49. The number of amides is 1. The molecule has 1 N–H and O–H groups in total. The molecule has 0 saturated carbocycles. The maximum absolute atomic E-state index is 12.2. The molecule has 1 aromatic heterocycles. The first-order valence-corrected chi connectivity index (χ1v) is 6.82. The number of methoxy groups -OCH3 is 1. The van der Waals surface area contributed by atoms with Gasteiger partial charge < -0.3 is 14.5 Å². The summed E-state index contributed by atoms with van der Waals surface area (Å²) < 4.78 is 5.39. The van der Waals surface area contributed by atoms with Gasteiger partial charge in [0.2, 0.25) is 5.82 Å². The molecule has 21 heavy (non-hydrogen) atoms. The van der Waals surface area contributed by atoms with Crippen LogP contribution in [0.15, 0.2) is 30.6 Å². The molecule has 1 aliphatic rings. The van der Waals surface area contributed by atoms with Crippen LogP contribution in [0.5, 0.6) is 5.75 Å². The maximum Gasteiger partial charge on any atom is 0.291 e. The van der Waals surface area contributed by atoms with Crippen LogP contribution in [-0.4, -0.2) is 59.3 Å². The van der Waals surface area contributed by atoms with Gasteiger partial charge in [0.05, 0.1) is 12.8 Å². The number of aromatic nitrogens is 3. The van der Waals surface area contributed by atoms with Crippen molar-refractivity contribution in [2.45, 2.75) is 0 Å². The lowest BCUT2D eigenvalue weighted by Gasteiger charge is -2.36. The monoisotopic (exact) mass is 287 g/mol. The van der Waals surface area contributed by atoms with Gasteiger partial charge in [-0.25, -0.2) is 4.98 Å². The summed E-state index contributed by atoms with van der Waals surface area (Å²) in [4.78, 5) is 20.1. The Morgan fingerprint density at radius 3 is 2.67 bits per heavy atom. The van der Waals surface area contributed by atoms with E-state index in [4.69, 9.17) is 4.74 Å². The van der Waals surface area contributed by atoms with Crippen LogP contribution >= 0.6 is 0 Å². The minimum atomic E-state index is -0.104. The summed E-state index contributed by atoms with van der Waals surface area (Å²) in [5.74, 6) is 1.04. The zero-order chi connectivity index (χ0) is 14.7. The molecule has 0 radical (unpaired) electrons. The first kappa shape index (κ1) is 13.4. The van der Waals surface area contributed by atoms with Crippen molar-refractivity contribution < 1.29 is 9.53 Å². The number of nitrogens with one attached hydrogen (secondary N) is 1. The number of hydrogen-bond acceptors (Lipinski definition) is 5. The fourth-order valence-electron chi connectivity index (χ4n) is 2.50. The van der Waals surface area contributed by atoms with E-state index in [1.54, 1.807) is 12.0 Å². The van der Waals surface area contributed by atoms with Crippen molar-refractivity contribution >= 4 is 11.6 Å². The number of anilines is 1. The highest BCUT2D eigenvalue weighted by Crippen LogP contribution is 2.28. The quantitative estimate of drug-likeness (QED) is 0.903. The highest BCUT2D eigenvalue weighted by atomic mass is 16.5. The third-order valence-electron chi connectivity index (χ3n) is 3.61. The van der Waals surface area contributed by atoms with Crippen LogP contribution in [0, 0.1) is 0 Å². The molecule has 0 spiro atoms. The molecule has 3 rings (SSSR count). The second-order valence-corrected chi connectivity index (χ2v) is 4.79. The van der Waals surface area contributed by atoms with Gasteiger partial charge in [-0.3, -0.25) is 9.89 Å². The Kier molecular flexibility index (Phi) is 3.72. The Balaban J connectivity index is 1.66. The average molecular weight is 287 g/mol. The number of H-pyrrole nitrogens is 1. The van der Waals surface area contributed by atoms with Crippen LogP contribution in [0.1, 0.15) is 10.6 Å². The number of rotatable bonds is 3. The molecule has 2 aromatic rings. The summed E-state index contributed by atoms with van der Waals surface area (Å²) >= 11 is 0. The second-order valence-electron chi connectivity index (χ2n) is 4.79. The normalized spacial score (nSPS) is 15.1. The van der Waals surface area contributed by atoms with Gasteiger partial charge in [-0.2, -0.15) is 5.10 Å². The van der Waals surface area contributed by atoms with Crippen molar-refractivity contribution in [1.82, 2.24) is 20.1 Å². The fourth-order valence-corrected chi connectivity index (χ4v) is 2.50. The van der Waals surface area contributed by atoms with Crippen LogP contribution in [-0.2, 0) is 0 Å². The van der Waals surface area contributed by atoms with Gasteiger partial charge in [0, 0.05) is 26.2 Å². The molecule has 7 heteroatoms. The van der Waals surface area contributed by atoms with E-state index in [2.05, 4.69) is 20.1 Å². The molecule has 2 heterocycles. The number of ether oxygens (including phenoxy) is 1. The number of para-hydroxylation sites is 2. The van der Waals surface area contributed by atoms with Crippen LogP contribution in [0.25, 0.3) is 0 Å². The third kappa shape index (κ3) is 2.67. The van der Waals surface area contributed by atoms with Gasteiger partial charge in [-0.05, 0) is 12.1 Å². The number of aromatic amines is 1. The lowest BCUT2D eigenvalue weighted by molar-refractivity contribution is 0.0735. The third-order valence-corrected chi connectivity index (χ3v) is 3.61. The topological polar surface area (TPSA) is 74.3 Å². The molecular weight excluding hydrogens is 270 g/mol. The molecule has 0 bridgehead atoms. The molecule has 1 fully saturated rings. The summed E-state index contributed by atoms with van der Waals surface area (Å²) in [6.45, 7) is 2.83. The Morgan fingerprint density at radius 2 is 2.00 bits per heavy atom. The van der Waals surface area contributed by atoms with Crippen molar-refractivity contribution in [3.05, 3.63) is 36.4 Å². The highest BCUT2D eigenvalue weighted by molar-refractivity contribution is 5.90. The van der Waals surface area contributed by atoms with E-state index in [-0.39, 0.29) is 5.91 Å². The summed E-state index contributed by atoms with van der Waals surface area (Å²) in [5.41, 5.74) is 1.06. The zero-order valence-corrected chi connectivity index (χ0v) is 11.8.